The van der Waals surface area contributed by atoms with Crippen molar-refractivity contribution < 1.29 is 22.7 Å². The zero-order valence-corrected chi connectivity index (χ0v) is 14.6. The van der Waals surface area contributed by atoms with Gasteiger partial charge >= 0.3 is 6.18 Å². The third-order valence-electron chi connectivity index (χ3n) is 4.69. The Morgan fingerprint density at radius 3 is 2.54 bits per heavy atom. The highest BCUT2D eigenvalue weighted by Crippen LogP contribution is 2.34. The van der Waals surface area contributed by atoms with E-state index in [0.717, 1.165) is 17.7 Å². The minimum Gasteiger partial charge on any atom is -0.492 e. The highest BCUT2D eigenvalue weighted by Gasteiger charge is 2.34. The molecule has 3 rings (SSSR count). The molecule has 2 aromatic carbocycles. The van der Waals surface area contributed by atoms with Crippen molar-refractivity contribution in [2.45, 2.75) is 31.4 Å². The Labute approximate surface area is 150 Å². The van der Waals surface area contributed by atoms with Crippen LogP contribution in [0, 0.1) is 0 Å². The second-order valence-corrected chi connectivity index (χ2v) is 7.08. The first-order valence-corrected chi connectivity index (χ1v) is 8.36. The summed E-state index contributed by atoms with van der Waals surface area (Å²) in [7, 11) is 0. The van der Waals surface area contributed by atoms with Gasteiger partial charge in [-0.15, -0.1) is 0 Å². The lowest BCUT2D eigenvalue weighted by molar-refractivity contribution is -0.137. The summed E-state index contributed by atoms with van der Waals surface area (Å²) in [6, 6.07) is 12.6. The number of amides is 1. The number of hydrogen-bond donors (Lipinski definition) is 1. The van der Waals surface area contributed by atoms with Crippen LogP contribution < -0.4 is 10.1 Å². The molecule has 138 valence electrons. The Balaban J connectivity index is 1.70. The van der Waals surface area contributed by atoms with Crippen LogP contribution in [0.2, 0.25) is 0 Å². The molecule has 1 atom stereocenters. The first kappa shape index (κ1) is 18.3. The number of fused-ring (bicyclic) bond motifs is 1. The molecular weight excluding hydrogens is 343 g/mol. The Hall–Kier alpha value is -2.50. The van der Waals surface area contributed by atoms with E-state index < -0.39 is 23.1 Å². The first-order chi connectivity index (χ1) is 12.2. The van der Waals surface area contributed by atoms with E-state index in [9.17, 15) is 18.0 Å². The molecule has 0 aliphatic carbocycles. The third kappa shape index (κ3) is 3.69. The predicted octanol–water partition coefficient (Wildman–Crippen LogP) is 4.28. The van der Waals surface area contributed by atoms with Crippen LogP contribution in [0.1, 0.15) is 36.5 Å². The molecule has 1 unspecified atom stereocenters. The van der Waals surface area contributed by atoms with Crippen LogP contribution in [0.25, 0.3) is 0 Å². The molecule has 3 nitrogen and oxygen atoms in total. The number of benzene rings is 2. The van der Waals surface area contributed by atoms with Crippen LogP contribution in [0.4, 0.5) is 13.2 Å². The number of ether oxygens (including phenoxy) is 1. The van der Waals surface area contributed by atoms with E-state index >= 15 is 0 Å². The van der Waals surface area contributed by atoms with Crippen LogP contribution in [-0.4, -0.2) is 19.1 Å². The van der Waals surface area contributed by atoms with Crippen molar-refractivity contribution >= 4 is 5.91 Å². The van der Waals surface area contributed by atoms with E-state index in [1.165, 1.54) is 6.07 Å². The minimum absolute atomic E-state index is 0.185. The Kier molecular flexibility index (Phi) is 4.69. The summed E-state index contributed by atoms with van der Waals surface area (Å²) in [6.45, 7) is 4.12. The molecule has 0 fully saturated rings. The van der Waals surface area contributed by atoms with Gasteiger partial charge < -0.3 is 10.1 Å². The molecule has 1 aliphatic rings. The van der Waals surface area contributed by atoms with Crippen LogP contribution in [-0.2, 0) is 16.4 Å². The van der Waals surface area contributed by atoms with Gasteiger partial charge in [-0.25, -0.2) is 0 Å². The molecule has 26 heavy (non-hydrogen) atoms. The van der Waals surface area contributed by atoms with Crippen LogP contribution in [0.15, 0.2) is 48.5 Å². The summed E-state index contributed by atoms with van der Waals surface area (Å²) in [5.41, 5.74) is 0.0284. The Morgan fingerprint density at radius 2 is 1.81 bits per heavy atom. The maximum Gasteiger partial charge on any atom is 0.416 e. The molecule has 6 heteroatoms. The van der Waals surface area contributed by atoms with Crippen molar-refractivity contribution in [1.82, 2.24) is 5.32 Å². The van der Waals surface area contributed by atoms with Crippen molar-refractivity contribution in [3.63, 3.8) is 0 Å². The van der Waals surface area contributed by atoms with Crippen molar-refractivity contribution in [3.8, 4) is 5.75 Å². The van der Waals surface area contributed by atoms with E-state index in [1.807, 2.05) is 38.1 Å². The molecule has 2 aromatic rings. The number of halogens is 3. The average molecular weight is 363 g/mol. The molecule has 0 radical (unpaired) electrons. The molecular formula is C20H20F3NO2. The number of carbonyl (C=O) groups is 1. The van der Waals surface area contributed by atoms with Crippen LogP contribution in [0.5, 0.6) is 5.75 Å². The monoisotopic (exact) mass is 363 g/mol. The highest BCUT2D eigenvalue weighted by atomic mass is 19.4. The largest absolute Gasteiger partial charge is 0.492 e. The van der Waals surface area contributed by atoms with Gasteiger partial charge in [-0.2, -0.15) is 13.2 Å². The number of hydrogen-bond acceptors (Lipinski definition) is 2. The van der Waals surface area contributed by atoms with Gasteiger partial charge in [0.2, 0.25) is 5.91 Å². The second kappa shape index (κ2) is 6.67. The molecule has 1 amide bonds. The van der Waals surface area contributed by atoms with E-state index in [0.29, 0.717) is 11.3 Å². The number of nitrogens with one attached hydrogen (secondary N) is 1. The van der Waals surface area contributed by atoms with E-state index in [2.05, 4.69) is 5.32 Å². The van der Waals surface area contributed by atoms with Gasteiger partial charge in [0.05, 0.1) is 5.56 Å². The second-order valence-electron chi connectivity index (χ2n) is 7.08. The number of carbonyl (C=O) groups excluding carboxylic acids is 1. The summed E-state index contributed by atoms with van der Waals surface area (Å²) in [6.07, 6.45) is -4.39. The quantitative estimate of drug-likeness (QED) is 0.881. The fourth-order valence-corrected chi connectivity index (χ4v) is 3.03. The Morgan fingerprint density at radius 1 is 1.12 bits per heavy atom. The lowest BCUT2D eigenvalue weighted by Gasteiger charge is -2.27. The molecule has 0 saturated carbocycles. The molecule has 1 aliphatic heterocycles. The van der Waals surface area contributed by atoms with Gasteiger partial charge in [-0.3, -0.25) is 4.79 Å². The van der Waals surface area contributed by atoms with Gasteiger partial charge in [0.25, 0.3) is 0 Å². The maximum absolute atomic E-state index is 12.9. The summed E-state index contributed by atoms with van der Waals surface area (Å²) in [4.78, 5) is 12.5. The van der Waals surface area contributed by atoms with Gasteiger partial charge in [0, 0.05) is 17.5 Å². The molecule has 0 spiro atoms. The molecule has 1 N–H and O–H groups in total. The fourth-order valence-electron chi connectivity index (χ4n) is 3.03. The van der Waals surface area contributed by atoms with Crippen LogP contribution >= 0.6 is 0 Å². The number of alkyl halides is 3. The lowest BCUT2D eigenvalue weighted by Crippen LogP contribution is -2.39. The SMILES string of the molecule is CC(C)(CNC(=O)C1COc2ccccc21)c1cccc(C(F)(F)F)c1. The standard InChI is InChI=1S/C20H20F3NO2/c1-19(2,13-6-5-7-14(10-13)20(21,22)23)12-24-18(25)16-11-26-17-9-4-3-8-15(16)17/h3-10,16H,11-12H2,1-2H3,(H,24,25). The summed E-state index contributed by atoms with van der Waals surface area (Å²) >= 11 is 0. The van der Waals surface area contributed by atoms with E-state index in [4.69, 9.17) is 4.74 Å². The van der Waals surface area contributed by atoms with Gasteiger partial charge in [-0.1, -0.05) is 50.2 Å². The zero-order valence-electron chi connectivity index (χ0n) is 14.6. The van der Waals surface area contributed by atoms with E-state index in [1.54, 1.807) is 6.07 Å². The number of para-hydroxylation sites is 1. The van der Waals surface area contributed by atoms with Gasteiger partial charge in [-0.05, 0) is 17.7 Å². The highest BCUT2D eigenvalue weighted by molar-refractivity contribution is 5.85. The van der Waals surface area contributed by atoms with Crippen LogP contribution in [0.3, 0.4) is 0 Å². The minimum atomic E-state index is -4.39. The Bertz CT molecular complexity index is 815. The summed E-state index contributed by atoms with van der Waals surface area (Å²) in [5.74, 6) is 0.114. The number of rotatable bonds is 4. The van der Waals surface area contributed by atoms with Crippen molar-refractivity contribution in [3.05, 3.63) is 65.2 Å². The summed E-state index contributed by atoms with van der Waals surface area (Å²) < 4.78 is 44.3. The van der Waals surface area contributed by atoms with Gasteiger partial charge in [0.1, 0.15) is 18.3 Å². The molecule has 0 saturated heterocycles. The summed E-state index contributed by atoms with van der Waals surface area (Å²) in [5, 5.41) is 2.86. The van der Waals surface area contributed by atoms with Gasteiger partial charge in [0.15, 0.2) is 0 Å². The third-order valence-corrected chi connectivity index (χ3v) is 4.69. The first-order valence-electron chi connectivity index (χ1n) is 8.36. The van der Waals surface area contributed by atoms with Crippen molar-refractivity contribution in [1.29, 1.82) is 0 Å². The zero-order chi connectivity index (χ0) is 18.9. The maximum atomic E-state index is 12.9. The fraction of sp³-hybridized carbons (Fsp3) is 0.350. The van der Waals surface area contributed by atoms with Crippen molar-refractivity contribution in [2.75, 3.05) is 13.2 Å². The molecule has 0 aromatic heterocycles. The average Bonchev–Trinajstić information content (AvgIpc) is 3.03. The van der Waals surface area contributed by atoms with E-state index in [-0.39, 0.29) is 19.1 Å². The topological polar surface area (TPSA) is 38.3 Å². The lowest BCUT2D eigenvalue weighted by atomic mass is 9.83. The molecule has 0 bridgehead atoms. The molecule has 1 heterocycles. The smallest absolute Gasteiger partial charge is 0.416 e. The normalized spacial score (nSPS) is 16.7. The predicted molar refractivity (Wildman–Crippen MR) is 92.2 cm³/mol. The van der Waals surface area contributed by atoms with Crippen molar-refractivity contribution in [2.24, 2.45) is 0 Å².